The Morgan fingerprint density at radius 2 is 2.35 bits per heavy atom. The van der Waals surface area contributed by atoms with Crippen molar-refractivity contribution in [3.8, 4) is 0 Å². The average molecular weight is 312 g/mol. The Morgan fingerprint density at radius 1 is 1.53 bits per heavy atom. The number of hydrogen-bond acceptors (Lipinski definition) is 4. The average Bonchev–Trinajstić information content (AvgIpc) is 2.72. The first kappa shape index (κ1) is 12.2. The third-order valence-electron chi connectivity index (χ3n) is 2.23. The summed E-state index contributed by atoms with van der Waals surface area (Å²) >= 11 is 4.83. The van der Waals surface area contributed by atoms with Gasteiger partial charge in [0.05, 0.1) is 17.7 Å². The highest BCUT2D eigenvalue weighted by molar-refractivity contribution is 9.10. The van der Waals surface area contributed by atoms with Crippen LogP contribution in [0, 0.1) is 6.92 Å². The van der Waals surface area contributed by atoms with E-state index in [0.29, 0.717) is 16.7 Å². The van der Waals surface area contributed by atoms with Gasteiger partial charge < -0.3 is 5.32 Å². The quantitative estimate of drug-likeness (QED) is 0.947. The predicted molar refractivity (Wildman–Crippen MR) is 70.0 cm³/mol. The van der Waals surface area contributed by atoms with Crippen LogP contribution in [0.25, 0.3) is 0 Å². The summed E-state index contributed by atoms with van der Waals surface area (Å²) in [6, 6.07) is 3.56. The number of thiazole rings is 1. The maximum Gasteiger partial charge on any atom is 0.271 e. The fourth-order valence-electron chi connectivity index (χ4n) is 1.29. The van der Waals surface area contributed by atoms with E-state index in [1.807, 2.05) is 6.92 Å². The van der Waals surface area contributed by atoms with Gasteiger partial charge in [0, 0.05) is 15.5 Å². The third-order valence-corrected chi connectivity index (χ3v) is 3.80. The molecule has 0 spiro atoms. The molecule has 4 nitrogen and oxygen atoms in total. The molecule has 0 atom stereocenters. The van der Waals surface area contributed by atoms with Gasteiger partial charge in [-0.25, -0.2) is 9.97 Å². The molecule has 2 aromatic heterocycles. The second-order valence-electron chi connectivity index (χ2n) is 3.38. The maximum atomic E-state index is 11.9. The second-order valence-corrected chi connectivity index (χ2v) is 5.17. The van der Waals surface area contributed by atoms with Gasteiger partial charge in [-0.05, 0) is 35.0 Å². The van der Waals surface area contributed by atoms with Crippen LogP contribution >= 0.6 is 27.3 Å². The summed E-state index contributed by atoms with van der Waals surface area (Å²) in [5.41, 5.74) is 3.12. The minimum atomic E-state index is -0.190. The molecule has 2 aromatic rings. The van der Waals surface area contributed by atoms with E-state index in [9.17, 15) is 4.79 Å². The molecule has 0 aliphatic rings. The molecule has 0 aliphatic carbocycles. The van der Waals surface area contributed by atoms with Crippen LogP contribution in [0.3, 0.4) is 0 Å². The van der Waals surface area contributed by atoms with Gasteiger partial charge in [0.25, 0.3) is 5.91 Å². The Hall–Kier alpha value is -1.27. The summed E-state index contributed by atoms with van der Waals surface area (Å²) in [6.45, 7) is 2.41. The highest BCUT2D eigenvalue weighted by Gasteiger charge is 2.11. The molecule has 1 N–H and O–H groups in total. The number of amides is 1. The first-order valence-corrected chi connectivity index (χ1v) is 6.63. The van der Waals surface area contributed by atoms with Crippen molar-refractivity contribution < 1.29 is 4.79 Å². The molecule has 0 aliphatic heterocycles. The van der Waals surface area contributed by atoms with E-state index in [4.69, 9.17) is 0 Å². The molecule has 0 saturated carbocycles. The van der Waals surface area contributed by atoms with E-state index in [1.54, 1.807) is 23.8 Å². The van der Waals surface area contributed by atoms with E-state index < -0.39 is 0 Å². The van der Waals surface area contributed by atoms with Crippen molar-refractivity contribution >= 4 is 33.2 Å². The molecule has 0 radical (unpaired) electrons. The Labute approximate surface area is 111 Å². The largest absolute Gasteiger partial charge is 0.346 e. The second kappa shape index (κ2) is 5.37. The lowest BCUT2D eigenvalue weighted by molar-refractivity contribution is 0.0945. The zero-order chi connectivity index (χ0) is 12.3. The molecule has 0 aromatic carbocycles. The van der Waals surface area contributed by atoms with Crippen molar-refractivity contribution in [2.24, 2.45) is 0 Å². The molecule has 0 bridgehead atoms. The van der Waals surface area contributed by atoms with Gasteiger partial charge in [-0.2, -0.15) is 0 Å². The minimum absolute atomic E-state index is 0.190. The number of pyridine rings is 1. The van der Waals surface area contributed by atoms with Crippen molar-refractivity contribution in [2.45, 2.75) is 13.5 Å². The van der Waals surface area contributed by atoms with Gasteiger partial charge in [-0.1, -0.05) is 0 Å². The first-order chi connectivity index (χ1) is 8.18. The Kier molecular flexibility index (Phi) is 3.86. The zero-order valence-corrected chi connectivity index (χ0v) is 11.5. The smallest absolute Gasteiger partial charge is 0.271 e. The summed E-state index contributed by atoms with van der Waals surface area (Å²) in [5.74, 6) is -0.190. The number of nitrogens with one attached hydrogen (secondary N) is 1. The Morgan fingerprint density at radius 3 is 3.00 bits per heavy atom. The number of aryl methyl sites for hydroxylation is 1. The molecule has 0 unspecified atom stereocenters. The number of halogens is 1. The molecule has 6 heteroatoms. The normalized spacial score (nSPS) is 10.2. The fraction of sp³-hybridized carbons (Fsp3) is 0.182. The lowest BCUT2D eigenvalue weighted by atomic mass is 10.3. The zero-order valence-electron chi connectivity index (χ0n) is 9.11. The van der Waals surface area contributed by atoms with Gasteiger partial charge in [-0.15, -0.1) is 11.3 Å². The van der Waals surface area contributed by atoms with Gasteiger partial charge >= 0.3 is 0 Å². The van der Waals surface area contributed by atoms with E-state index >= 15 is 0 Å². The van der Waals surface area contributed by atoms with E-state index in [0.717, 1.165) is 10.6 Å². The van der Waals surface area contributed by atoms with Gasteiger partial charge in [0.1, 0.15) is 5.69 Å². The van der Waals surface area contributed by atoms with E-state index in [1.165, 1.54) is 11.3 Å². The van der Waals surface area contributed by atoms with E-state index in [2.05, 4.69) is 31.2 Å². The van der Waals surface area contributed by atoms with Crippen molar-refractivity contribution in [3.63, 3.8) is 0 Å². The molecule has 0 fully saturated rings. The van der Waals surface area contributed by atoms with E-state index in [-0.39, 0.29) is 5.91 Å². The molecular formula is C11H10BrN3OS. The van der Waals surface area contributed by atoms with Crippen LogP contribution in [0.2, 0.25) is 0 Å². The number of rotatable bonds is 3. The van der Waals surface area contributed by atoms with Crippen LogP contribution in [-0.4, -0.2) is 15.9 Å². The lowest BCUT2D eigenvalue weighted by Crippen LogP contribution is -2.24. The summed E-state index contributed by atoms with van der Waals surface area (Å²) in [4.78, 5) is 21.1. The number of carbonyl (C=O) groups excluding carboxylic acids is 1. The SMILES string of the molecule is Cc1ncsc1CNC(=O)c1ncccc1Br. The summed E-state index contributed by atoms with van der Waals surface area (Å²) in [6.07, 6.45) is 1.59. The number of nitrogens with zero attached hydrogens (tertiary/aromatic N) is 2. The number of carbonyl (C=O) groups is 1. The van der Waals surface area contributed by atoms with Crippen LogP contribution in [0.5, 0.6) is 0 Å². The summed E-state index contributed by atoms with van der Waals surface area (Å²) in [7, 11) is 0. The van der Waals surface area contributed by atoms with Crippen LogP contribution in [0.15, 0.2) is 28.3 Å². The lowest BCUT2D eigenvalue weighted by Gasteiger charge is -2.04. The molecule has 1 amide bonds. The highest BCUT2D eigenvalue weighted by atomic mass is 79.9. The van der Waals surface area contributed by atoms with Crippen LogP contribution in [0.1, 0.15) is 21.1 Å². The minimum Gasteiger partial charge on any atom is -0.346 e. The van der Waals surface area contributed by atoms with Gasteiger partial charge in [0.2, 0.25) is 0 Å². The molecule has 2 heterocycles. The summed E-state index contributed by atoms with van der Waals surface area (Å²) < 4.78 is 0.693. The standard InChI is InChI=1S/C11H10BrN3OS/c1-7-9(17-6-15-7)5-14-11(16)10-8(12)3-2-4-13-10/h2-4,6H,5H2,1H3,(H,14,16). The monoisotopic (exact) mass is 311 g/mol. The Bertz CT molecular complexity index is 541. The van der Waals surface area contributed by atoms with Crippen molar-refractivity contribution in [2.75, 3.05) is 0 Å². The molecule has 88 valence electrons. The maximum absolute atomic E-state index is 11.9. The topological polar surface area (TPSA) is 54.9 Å². The van der Waals surface area contributed by atoms with Gasteiger partial charge in [-0.3, -0.25) is 4.79 Å². The number of hydrogen-bond donors (Lipinski definition) is 1. The van der Waals surface area contributed by atoms with Crippen LogP contribution < -0.4 is 5.32 Å². The van der Waals surface area contributed by atoms with Crippen LogP contribution in [0.4, 0.5) is 0 Å². The van der Waals surface area contributed by atoms with Crippen molar-refractivity contribution in [1.29, 1.82) is 0 Å². The third kappa shape index (κ3) is 2.89. The van der Waals surface area contributed by atoms with Gasteiger partial charge in [0.15, 0.2) is 0 Å². The number of aromatic nitrogens is 2. The first-order valence-electron chi connectivity index (χ1n) is 4.96. The fourth-order valence-corrected chi connectivity index (χ4v) is 2.44. The summed E-state index contributed by atoms with van der Waals surface area (Å²) in [5, 5.41) is 2.82. The van der Waals surface area contributed by atoms with Crippen molar-refractivity contribution in [3.05, 3.63) is 44.6 Å². The molecule has 17 heavy (non-hydrogen) atoms. The van der Waals surface area contributed by atoms with Crippen molar-refractivity contribution in [1.82, 2.24) is 15.3 Å². The molecule has 2 rings (SSSR count). The Balaban J connectivity index is 2.04. The highest BCUT2D eigenvalue weighted by Crippen LogP contribution is 2.14. The predicted octanol–water partition coefficient (Wildman–Crippen LogP) is 2.54. The van der Waals surface area contributed by atoms with Crippen LogP contribution in [-0.2, 0) is 6.54 Å². The molecule has 0 saturated heterocycles. The molecular weight excluding hydrogens is 302 g/mol.